The van der Waals surface area contributed by atoms with Gasteiger partial charge in [0.2, 0.25) is 0 Å². The Morgan fingerprint density at radius 2 is 1.62 bits per heavy atom. The Balaban J connectivity index is 1.60. The maximum Gasteiger partial charge on any atom is 0.253 e. The summed E-state index contributed by atoms with van der Waals surface area (Å²) in [5.41, 5.74) is 1.43. The Bertz CT molecular complexity index is 511. The van der Waals surface area contributed by atoms with Gasteiger partial charge in [0.1, 0.15) is 6.23 Å². The second-order valence-electron chi connectivity index (χ2n) is 6.95. The average molecular weight is 363 g/mol. The molecule has 2 rings (SSSR count). The Kier molecular flexibility index (Phi) is 9.67. The zero-order chi connectivity index (χ0) is 18.6. The highest BCUT2D eigenvalue weighted by atomic mass is 16.7. The lowest BCUT2D eigenvalue weighted by Gasteiger charge is -2.14. The van der Waals surface area contributed by atoms with Crippen molar-refractivity contribution in [3.05, 3.63) is 35.4 Å². The molecule has 1 atom stereocenters. The molecule has 1 saturated heterocycles. The van der Waals surface area contributed by atoms with E-state index < -0.39 is 6.23 Å². The summed E-state index contributed by atoms with van der Waals surface area (Å²) in [7, 11) is 0. The molecule has 0 aliphatic carbocycles. The summed E-state index contributed by atoms with van der Waals surface area (Å²) in [6, 6.07) is 7.13. The number of nitrogens with one attached hydrogen (secondary N) is 1. The van der Waals surface area contributed by atoms with Crippen LogP contribution in [0.15, 0.2) is 24.3 Å². The highest BCUT2D eigenvalue weighted by Gasteiger charge is 2.18. The smallest absolute Gasteiger partial charge is 0.253 e. The number of carbonyl (C=O) groups is 1. The van der Waals surface area contributed by atoms with Crippen molar-refractivity contribution in [1.29, 1.82) is 0 Å². The van der Waals surface area contributed by atoms with Gasteiger partial charge in [-0.1, -0.05) is 64.0 Å². The van der Waals surface area contributed by atoms with Crippen molar-refractivity contribution in [2.24, 2.45) is 0 Å². The number of hydrogen-bond donors (Lipinski definition) is 2. The first-order valence-electron chi connectivity index (χ1n) is 10.0. The normalized spacial score (nSPS) is 15.9. The summed E-state index contributed by atoms with van der Waals surface area (Å²) in [5.74, 6) is -0.253. The molecular formula is C21H33NO4. The molecule has 1 unspecified atom stereocenters. The standard InChI is InChI=1S/C21H33NO4/c1-2-3-4-5-6-7-8-9-10-19(23)22-20(24)17-11-13-18(14-12-17)21-25-15-16-26-21/h11-14,19,21,23H,2-10,15-16H2,1H3,(H,22,24). The molecule has 146 valence electrons. The van der Waals surface area contributed by atoms with Gasteiger partial charge in [0.25, 0.3) is 5.91 Å². The van der Waals surface area contributed by atoms with Crippen LogP contribution >= 0.6 is 0 Å². The van der Waals surface area contributed by atoms with Crippen molar-refractivity contribution >= 4 is 5.91 Å². The van der Waals surface area contributed by atoms with E-state index >= 15 is 0 Å². The summed E-state index contributed by atoms with van der Waals surface area (Å²) in [6.07, 6.45) is 9.22. The molecule has 0 saturated carbocycles. The van der Waals surface area contributed by atoms with E-state index in [0.717, 1.165) is 18.4 Å². The van der Waals surface area contributed by atoms with E-state index in [9.17, 15) is 9.90 Å². The number of unbranched alkanes of at least 4 members (excludes halogenated alkanes) is 7. The minimum absolute atomic E-state index is 0.253. The van der Waals surface area contributed by atoms with E-state index in [2.05, 4.69) is 12.2 Å². The summed E-state index contributed by atoms with van der Waals surface area (Å²) in [4.78, 5) is 12.2. The van der Waals surface area contributed by atoms with Crippen LogP contribution in [0.1, 0.15) is 86.9 Å². The van der Waals surface area contributed by atoms with Gasteiger partial charge in [-0.25, -0.2) is 0 Å². The molecule has 26 heavy (non-hydrogen) atoms. The van der Waals surface area contributed by atoms with Crippen LogP contribution in [0.2, 0.25) is 0 Å². The van der Waals surface area contributed by atoms with E-state index in [4.69, 9.17) is 9.47 Å². The monoisotopic (exact) mass is 363 g/mol. The minimum Gasteiger partial charge on any atom is -0.374 e. The van der Waals surface area contributed by atoms with Gasteiger partial charge < -0.3 is 19.9 Å². The first-order valence-corrected chi connectivity index (χ1v) is 10.0. The molecule has 2 N–H and O–H groups in total. The van der Waals surface area contributed by atoms with Crippen LogP contribution in [-0.4, -0.2) is 30.5 Å². The van der Waals surface area contributed by atoms with E-state index in [0.29, 0.717) is 25.2 Å². The third-order valence-corrected chi connectivity index (χ3v) is 4.70. The van der Waals surface area contributed by atoms with Crippen molar-refractivity contribution in [3.63, 3.8) is 0 Å². The van der Waals surface area contributed by atoms with Crippen molar-refractivity contribution in [1.82, 2.24) is 5.32 Å². The Morgan fingerprint density at radius 3 is 2.23 bits per heavy atom. The zero-order valence-corrected chi connectivity index (χ0v) is 15.9. The number of hydrogen-bond acceptors (Lipinski definition) is 4. The molecule has 1 aromatic carbocycles. The van der Waals surface area contributed by atoms with Crippen molar-refractivity contribution in [2.45, 2.75) is 77.2 Å². The summed E-state index contributed by atoms with van der Waals surface area (Å²) >= 11 is 0. The molecule has 0 aromatic heterocycles. The Labute approximate surface area is 157 Å². The maximum absolute atomic E-state index is 12.2. The second kappa shape index (κ2) is 12.0. The number of aliphatic hydroxyl groups excluding tert-OH is 1. The van der Waals surface area contributed by atoms with Gasteiger partial charge in [-0.15, -0.1) is 0 Å². The molecule has 5 heteroatoms. The van der Waals surface area contributed by atoms with E-state index in [1.54, 1.807) is 12.1 Å². The molecule has 1 aliphatic heterocycles. The highest BCUT2D eigenvalue weighted by molar-refractivity contribution is 5.94. The maximum atomic E-state index is 12.2. The predicted molar refractivity (Wildman–Crippen MR) is 102 cm³/mol. The van der Waals surface area contributed by atoms with Crippen molar-refractivity contribution in [2.75, 3.05) is 13.2 Å². The predicted octanol–water partition coefficient (Wildman–Crippen LogP) is 4.31. The van der Waals surface area contributed by atoms with E-state index in [-0.39, 0.29) is 12.2 Å². The molecule has 1 amide bonds. The van der Waals surface area contributed by atoms with Crippen LogP contribution in [0, 0.1) is 0 Å². The fourth-order valence-electron chi connectivity index (χ4n) is 3.12. The van der Waals surface area contributed by atoms with Crippen molar-refractivity contribution in [3.8, 4) is 0 Å². The zero-order valence-electron chi connectivity index (χ0n) is 15.9. The molecule has 0 spiro atoms. The van der Waals surface area contributed by atoms with Crippen LogP contribution < -0.4 is 5.32 Å². The summed E-state index contributed by atoms with van der Waals surface area (Å²) in [5, 5.41) is 12.7. The lowest BCUT2D eigenvalue weighted by molar-refractivity contribution is -0.0441. The molecule has 1 heterocycles. The Hall–Kier alpha value is -1.43. The number of benzene rings is 1. The number of aliphatic hydroxyl groups is 1. The van der Waals surface area contributed by atoms with Gasteiger partial charge in [-0.2, -0.15) is 0 Å². The fraction of sp³-hybridized carbons (Fsp3) is 0.667. The molecule has 0 bridgehead atoms. The summed E-state index contributed by atoms with van der Waals surface area (Å²) in [6.45, 7) is 3.41. The molecule has 0 radical (unpaired) electrons. The van der Waals surface area contributed by atoms with Crippen LogP contribution in [0.25, 0.3) is 0 Å². The van der Waals surface area contributed by atoms with Gasteiger partial charge in [0, 0.05) is 11.1 Å². The van der Waals surface area contributed by atoms with Crippen LogP contribution in [-0.2, 0) is 9.47 Å². The first-order chi connectivity index (χ1) is 12.7. The molecule has 1 fully saturated rings. The van der Waals surface area contributed by atoms with E-state index in [1.807, 2.05) is 12.1 Å². The average Bonchev–Trinajstić information content (AvgIpc) is 3.19. The minimum atomic E-state index is -0.788. The number of carbonyl (C=O) groups excluding carboxylic acids is 1. The molecule has 1 aliphatic rings. The Morgan fingerprint density at radius 1 is 1.04 bits per heavy atom. The third kappa shape index (κ3) is 7.44. The SMILES string of the molecule is CCCCCCCCCCC(O)NC(=O)c1ccc(C2OCCO2)cc1. The van der Waals surface area contributed by atoms with Gasteiger partial charge in [0.05, 0.1) is 13.2 Å². The first kappa shape index (κ1) is 20.9. The highest BCUT2D eigenvalue weighted by Crippen LogP contribution is 2.23. The number of rotatable bonds is 12. The molecule has 5 nitrogen and oxygen atoms in total. The van der Waals surface area contributed by atoms with Crippen LogP contribution in [0.4, 0.5) is 0 Å². The van der Waals surface area contributed by atoms with Crippen LogP contribution in [0.3, 0.4) is 0 Å². The summed E-state index contributed by atoms with van der Waals surface area (Å²) < 4.78 is 10.9. The quantitative estimate of drug-likeness (QED) is 0.429. The van der Waals surface area contributed by atoms with Gasteiger partial charge in [0.15, 0.2) is 6.29 Å². The number of amides is 1. The molecular weight excluding hydrogens is 330 g/mol. The van der Waals surface area contributed by atoms with Crippen LogP contribution in [0.5, 0.6) is 0 Å². The van der Waals surface area contributed by atoms with Gasteiger partial charge in [-0.05, 0) is 25.0 Å². The largest absolute Gasteiger partial charge is 0.374 e. The topological polar surface area (TPSA) is 67.8 Å². The van der Waals surface area contributed by atoms with Gasteiger partial charge in [-0.3, -0.25) is 4.79 Å². The fourth-order valence-corrected chi connectivity index (χ4v) is 3.12. The lowest BCUT2D eigenvalue weighted by Crippen LogP contribution is -2.34. The molecule has 1 aromatic rings. The number of ether oxygens (including phenoxy) is 2. The van der Waals surface area contributed by atoms with Crippen molar-refractivity contribution < 1.29 is 19.4 Å². The van der Waals surface area contributed by atoms with Gasteiger partial charge >= 0.3 is 0 Å². The second-order valence-corrected chi connectivity index (χ2v) is 6.95. The lowest BCUT2D eigenvalue weighted by atomic mass is 10.1. The van der Waals surface area contributed by atoms with E-state index in [1.165, 1.54) is 38.5 Å². The third-order valence-electron chi connectivity index (χ3n) is 4.70.